The van der Waals surface area contributed by atoms with Crippen molar-refractivity contribution in [3.8, 4) is 16.9 Å². The van der Waals surface area contributed by atoms with Gasteiger partial charge in [-0.2, -0.15) is 13.2 Å². The largest absolute Gasteiger partial charge is 0.481 e. The van der Waals surface area contributed by atoms with Crippen molar-refractivity contribution in [2.45, 2.75) is 13.1 Å². The molecule has 0 bridgehead atoms. The monoisotopic (exact) mass is 344 g/mol. The van der Waals surface area contributed by atoms with Crippen LogP contribution >= 0.6 is 11.6 Å². The van der Waals surface area contributed by atoms with Crippen LogP contribution in [0.5, 0.6) is 5.75 Å². The van der Waals surface area contributed by atoms with Crippen LogP contribution in [0.15, 0.2) is 36.4 Å². The van der Waals surface area contributed by atoms with Gasteiger partial charge in [-0.05, 0) is 42.3 Å². The van der Waals surface area contributed by atoms with Crippen LogP contribution in [0.1, 0.15) is 11.1 Å². The maximum Gasteiger partial charge on any atom is 0.416 e. The van der Waals surface area contributed by atoms with E-state index in [9.17, 15) is 18.0 Å². The molecule has 3 nitrogen and oxygen atoms in total. The van der Waals surface area contributed by atoms with E-state index in [0.717, 1.165) is 18.2 Å². The number of carbonyl (C=O) groups is 1. The van der Waals surface area contributed by atoms with E-state index in [4.69, 9.17) is 21.4 Å². The van der Waals surface area contributed by atoms with Gasteiger partial charge in [0.25, 0.3) is 0 Å². The number of aliphatic carboxylic acids is 1. The summed E-state index contributed by atoms with van der Waals surface area (Å²) in [6.07, 6.45) is -4.52. The van der Waals surface area contributed by atoms with Crippen molar-refractivity contribution >= 4 is 17.6 Å². The van der Waals surface area contributed by atoms with E-state index < -0.39 is 24.3 Å². The van der Waals surface area contributed by atoms with E-state index in [1.807, 2.05) is 0 Å². The third-order valence-electron chi connectivity index (χ3n) is 3.22. The SMILES string of the molecule is Cc1c(Cl)cccc1-c1cc(C(F)(F)F)ccc1OCC(=O)O. The van der Waals surface area contributed by atoms with Crippen LogP contribution in [0.4, 0.5) is 13.2 Å². The lowest BCUT2D eigenvalue weighted by molar-refractivity contribution is -0.140. The van der Waals surface area contributed by atoms with Gasteiger partial charge in [-0.3, -0.25) is 0 Å². The molecule has 0 aliphatic heterocycles. The number of benzene rings is 2. The Morgan fingerprint density at radius 3 is 2.52 bits per heavy atom. The molecule has 0 aliphatic rings. The number of alkyl halides is 3. The molecular formula is C16H12ClF3O3. The van der Waals surface area contributed by atoms with Gasteiger partial charge in [0.15, 0.2) is 6.61 Å². The zero-order valence-electron chi connectivity index (χ0n) is 11.9. The molecule has 0 spiro atoms. The van der Waals surface area contributed by atoms with E-state index in [0.29, 0.717) is 16.1 Å². The Hall–Kier alpha value is -2.21. The minimum Gasteiger partial charge on any atom is -0.481 e. The van der Waals surface area contributed by atoms with Gasteiger partial charge in [0, 0.05) is 10.6 Å². The molecule has 0 unspecified atom stereocenters. The van der Waals surface area contributed by atoms with Crippen LogP contribution < -0.4 is 4.74 Å². The van der Waals surface area contributed by atoms with Gasteiger partial charge in [0.2, 0.25) is 0 Å². The molecule has 0 radical (unpaired) electrons. The van der Waals surface area contributed by atoms with Crippen LogP contribution in [0, 0.1) is 6.92 Å². The molecule has 0 atom stereocenters. The van der Waals surface area contributed by atoms with Crippen LogP contribution in [-0.4, -0.2) is 17.7 Å². The number of carboxylic acid groups (broad SMARTS) is 1. The third kappa shape index (κ3) is 3.96. The zero-order valence-corrected chi connectivity index (χ0v) is 12.7. The van der Waals surface area contributed by atoms with Gasteiger partial charge in [0.1, 0.15) is 5.75 Å². The van der Waals surface area contributed by atoms with Crippen molar-refractivity contribution in [1.29, 1.82) is 0 Å². The fourth-order valence-corrected chi connectivity index (χ4v) is 2.26. The Morgan fingerprint density at radius 1 is 1.22 bits per heavy atom. The number of hydrogen-bond acceptors (Lipinski definition) is 2. The van der Waals surface area contributed by atoms with Crippen LogP contribution in [0.25, 0.3) is 11.1 Å². The van der Waals surface area contributed by atoms with Crippen molar-refractivity contribution in [3.63, 3.8) is 0 Å². The third-order valence-corrected chi connectivity index (χ3v) is 3.63. The Morgan fingerprint density at radius 2 is 1.91 bits per heavy atom. The first-order chi connectivity index (χ1) is 10.7. The summed E-state index contributed by atoms with van der Waals surface area (Å²) in [6.45, 7) is 1.01. The summed E-state index contributed by atoms with van der Waals surface area (Å²) in [5, 5.41) is 9.09. The lowest BCUT2D eigenvalue weighted by atomic mass is 9.97. The normalized spacial score (nSPS) is 11.3. The smallest absolute Gasteiger partial charge is 0.416 e. The quantitative estimate of drug-likeness (QED) is 0.866. The molecule has 0 aromatic heterocycles. The summed E-state index contributed by atoms with van der Waals surface area (Å²) in [7, 11) is 0. The number of hydrogen-bond donors (Lipinski definition) is 1. The molecule has 0 amide bonds. The summed E-state index contributed by atoms with van der Waals surface area (Å²) in [5.41, 5.74) is 0.313. The lowest BCUT2D eigenvalue weighted by Crippen LogP contribution is -2.11. The summed E-state index contributed by atoms with van der Waals surface area (Å²) in [4.78, 5) is 10.6. The standard InChI is InChI=1S/C16H12ClF3O3/c1-9-11(3-2-4-13(9)17)12-7-10(16(18,19)20)5-6-14(12)23-8-15(21)22/h2-7H,8H2,1H3,(H,21,22). The van der Waals surface area contributed by atoms with Gasteiger partial charge in [-0.25, -0.2) is 4.79 Å². The molecule has 0 aliphatic carbocycles. The molecule has 7 heteroatoms. The molecule has 1 N–H and O–H groups in total. The molecule has 0 saturated carbocycles. The Labute approximate surface area is 135 Å². The molecule has 0 fully saturated rings. The first-order valence-corrected chi connectivity index (χ1v) is 6.89. The van der Waals surface area contributed by atoms with Crippen LogP contribution in [0.2, 0.25) is 5.02 Å². The molecule has 2 rings (SSSR count). The van der Waals surface area contributed by atoms with E-state index in [1.165, 1.54) is 0 Å². The molecule has 2 aromatic rings. The topological polar surface area (TPSA) is 46.5 Å². The molecule has 2 aromatic carbocycles. The maximum absolute atomic E-state index is 12.9. The molecular weight excluding hydrogens is 333 g/mol. The highest BCUT2D eigenvalue weighted by atomic mass is 35.5. The van der Waals surface area contributed by atoms with E-state index in [2.05, 4.69) is 0 Å². The summed E-state index contributed by atoms with van der Waals surface area (Å²) < 4.78 is 44.0. The van der Waals surface area contributed by atoms with Gasteiger partial charge in [0.05, 0.1) is 5.56 Å². The van der Waals surface area contributed by atoms with Crippen molar-refractivity contribution in [2.24, 2.45) is 0 Å². The first-order valence-electron chi connectivity index (χ1n) is 6.51. The van der Waals surface area contributed by atoms with E-state index >= 15 is 0 Å². The first kappa shape index (κ1) is 17.1. The molecule has 23 heavy (non-hydrogen) atoms. The minimum absolute atomic E-state index is 0.0470. The second kappa shape index (κ2) is 6.50. The predicted octanol–water partition coefficient (Wildman–Crippen LogP) is 4.80. The van der Waals surface area contributed by atoms with E-state index in [-0.39, 0.29) is 11.3 Å². The molecule has 0 heterocycles. The van der Waals surface area contributed by atoms with Crippen molar-refractivity contribution in [2.75, 3.05) is 6.61 Å². The summed E-state index contributed by atoms with van der Waals surface area (Å²) in [6, 6.07) is 7.71. The average molecular weight is 345 g/mol. The minimum atomic E-state index is -4.52. The van der Waals surface area contributed by atoms with E-state index in [1.54, 1.807) is 25.1 Å². The van der Waals surface area contributed by atoms with Gasteiger partial charge in [-0.1, -0.05) is 23.7 Å². The molecule has 0 saturated heterocycles. The second-order valence-corrected chi connectivity index (χ2v) is 5.21. The van der Waals surface area contributed by atoms with Gasteiger partial charge in [-0.15, -0.1) is 0 Å². The van der Waals surface area contributed by atoms with Gasteiger partial charge < -0.3 is 9.84 Å². The Balaban J connectivity index is 2.60. The van der Waals surface area contributed by atoms with Crippen molar-refractivity contribution in [3.05, 3.63) is 52.5 Å². The van der Waals surface area contributed by atoms with Crippen LogP contribution in [0.3, 0.4) is 0 Å². The number of rotatable bonds is 4. The number of ether oxygens (including phenoxy) is 1. The van der Waals surface area contributed by atoms with Crippen molar-refractivity contribution in [1.82, 2.24) is 0 Å². The maximum atomic E-state index is 12.9. The number of halogens is 4. The second-order valence-electron chi connectivity index (χ2n) is 4.80. The number of carboxylic acids is 1. The lowest BCUT2D eigenvalue weighted by Gasteiger charge is -2.16. The zero-order chi connectivity index (χ0) is 17.2. The van der Waals surface area contributed by atoms with Gasteiger partial charge >= 0.3 is 12.1 Å². The predicted molar refractivity (Wildman–Crippen MR) is 79.8 cm³/mol. The fraction of sp³-hybridized carbons (Fsp3) is 0.188. The Bertz CT molecular complexity index is 742. The highest BCUT2D eigenvalue weighted by Crippen LogP contribution is 2.39. The summed E-state index contributed by atoms with van der Waals surface area (Å²) in [5.74, 6) is -1.18. The fourth-order valence-electron chi connectivity index (χ4n) is 2.08. The molecule has 122 valence electrons. The van der Waals surface area contributed by atoms with Crippen molar-refractivity contribution < 1.29 is 27.8 Å². The Kier molecular flexibility index (Phi) is 4.85. The highest BCUT2D eigenvalue weighted by Gasteiger charge is 2.31. The van der Waals surface area contributed by atoms with Crippen LogP contribution in [-0.2, 0) is 11.0 Å². The highest BCUT2D eigenvalue weighted by molar-refractivity contribution is 6.31. The average Bonchev–Trinajstić information content (AvgIpc) is 2.47. The summed E-state index contributed by atoms with van der Waals surface area (Å²) >= 11 is 6.02.